The van der Waals surface area contributed by atoms with Crippen molar-refractivity contribution in [1.82, 2.24) is 0 Å². The first kappa shape index (κ1) is 16.5. The molecule has 2 N–H and O–H groups in total. The third-order valence-corrected chi connectivity index (χ3v) is 4.00. The standard InChI is InChI=1S/C18H19NO4/c1-10-11(2)17(19)13(9-20)7-14(10)18(21)12-5-6-15(22-3)16(8-12)23-4/h5-9H,19H2,1-4H3. The van der Waals surface area contributed by atoms with Gasteiger partial charge >= 0.3 is 0 Å². The molecule has 5 nitrogen and oxygen atoms in total. The van der Waals surface area contributed by atoms with Crippen LogP contribution >= 0.6 is 0 Å². The molecule has 0 saturated carbocycles. The number of nitrogen functional groups attached to an aromatic ring is 1. The van der Waals surface area contributed by atoms with Gasteiger partial charge in [0.25, 0.3) is 0 Å². The van der Waals surface area contributed by atoms with Crippen LogP contribution in [-0.4, -0.2) is 26.3 Å². The number of ketones is 1. The molecule has 2 aromatic rings. The lowest BCUT2D eigenvalue weighted by molar-refractivity contribution is 0.103. The topological polar surface area (TPSA) is 78.6 Å². The third kappa shape index (κ3) is 2.90. The van der Waals surface area contributed by atoms with Gasteiger partial charge in [-0.15, -0.1) is 0 Å². The van der Waals surface area contributed by atoms with Crippen molar-refractivity contribution in [2.75, 3.05) is 20.0 Å². The molecule has 5 heteroatoms. The summed E-state index contributed by atoms with van der Waals surface area (Å²) in [6.45, 7) is 3.61. The van der Waals surface area contributed by atoms with E-state index in [-0.39, 0.29) is 5.78 Å². The van der Waals surface area contributed by atoms with E-state index in [0.29, 0.717) is 40.2 Å². The maximum Gasteiger partial charge on any atom is 0.193 e. The molecule has 0 aliphatic rings. The fraction of sp³-hybridized carbons (Fsp3) is 0.222. The smallest absolute Gasteiger partial charge is 0.193 e. The van der Waals surface area contributed by atoms with Crippen molar-refractivity contribution in [3.05, 3.63) is 52.1 Å². The second kappa shape index (κ2) is 6.52. The highest BCUT2D eigenvalue weighted by molar-refractivity contribution is 6.11. The zero-order valence-corrected chi connectivity index (χ0v) is 13.6. The van der Waals surface area contributed by atoms with Crippen LogP contribution in [0.15, 0.2) is 24.3 Å². The van der Waals surface area contributed by atoms with Gasteiger partial charge in [-0.05, 0) is 49.2 Å². The van der Waals surface area contributed by atoms with Gasteiger partial charge in [0.05, 0.1) is 14.2 Å². The monoisotopic (exact) mass is 313 g/mol. The van der Waals surface area contributed by atoms with Gasteiger partial charge in [0.2, 0.25) is 0 Å². The first-order valence-electron chi connectivity index (χ1n) is 7.06. The number of rotatable bonds is 5. The molecule has 0 heterocycles. The maximum atomic E-state index is 12.8. The average molecular weight is 313 g/mol. The largest absolute Gasteiger partial charge is 0.493 e. The fourth-order valence-electron chi connectivity index (χ4n) is 2.43. The van der Waals surface area contributed by atoms with E-state index in [1.54, 1.807) is 25.1 Å². The molecule has 120 valence electrons. The van der Waals surface area contributed by atoms with Crippen molar-refractivity contribution in [3.8, 4) is 11.5 Å². The molecule has 23 heavy (non-hydrogen) atoms. The van der Waals surface area contributed by atoms with Gasteiger partial charge < -0.3 is 15.2 Å². The van der Waals surface area contributed by atoms with Crippen molar-refractivity contribution in [3.63, 3.8) is 0 Å². The molecule has 0 aliphatic heterocycles. The fourth-order valence-corrected chi connectivity index (χ4v) is 2.43. The molecule has 0 aliphatic carbocycles. The summed E-state index contributed by atoms with van der Waals surface area (Å²) in [5, 5.41) is 0. The second-order valence-corrected chi connectivity index (χ2v) is 5.19. The second-order valence-electron chi connectivity index (χ2n) is 5.19. The molecule has 0 fully saturated rings. The van der Waals surface area contributed by atoms with E-state index in [9.17, 15) is 9.59 Å². The number of nitrogens with two attached hydrogens (primary N) is 1. The van der Waals surface area contributed by atoms with Gasteiger partial charge in [-0.25, -0.2) is 0 Å². The molecule has 0 unspecified atom stereocenters. The van der Waals surface area contributed by atoms with E-state index in [1.807, 2.05) is 6.92 Å². The Bertz CT molecular complexity index is 781. The SMILES string of the molecule is COc1ccc(C(=O)c2cc(C=O)c(N)c(C)c2C)cc1OC. The molecule has 0 saturated heterocycles. The first-order valence-corrected chi connectivity index (χ1v) is 7.06. The van der Waals surface area contributed by atoms with E-state index >= 15 is 0 Å². The van der Waals surface area contributed by atoms with E-state index < -0.39 is 0 Å². The van der Waals surface area contributed by atoms with Gasteiger partial charge in [-0.1, -0.05) is 0 Å². The molecule has 0 spiro atoms. The van der Waals surface area contributed by atoms with Crippen LogP contribution in [0.3, 0.4) is 0 Å². The number of anilines is 1. The number of carbonyl (C=O) groups excluding carboxylic acids is 2. The Kier molecular flexibility index (Phi) is 4.69. The Hall–Kier alpha value is -2.82. The van der Waals surface area contributed by atoms with Crippen LogP contribution in [-0.2, 0) is 0 Å². The summed E-state index contributed by atoms with van der Waals surface area (Å²) < 4.78 is 10.4. The molecule has 0 radical (unpaired) electrons. The van der Waals surface area contributed by atoms with Crippen molar-refractivity contribution < 1.29 is 19.1 Å². The van der Waals surface area contributed by atoms with Crippen molar-refractivity contribution >= 4 is 17.8 Å². The summed E-state index contributed by atoms with van der Waals surface area (Å²) in [6, 6.07) is 6.48. The zero-order chi connectivity index (χ0) is 17.1. The van der Waals surface area contributed by atoms with Crippen LogP contribution < -0.4 is 15.2 Å². The van der Waals surface area contributed by atoms with Gasteiger partial charge in [0, 0.05) is 22.4 Å². The summed E-state index contributed by atoms with van der Waals surface area (Å²) in [7, 11) is 3.04. The summed E-state index contributed by atoms with van der Waals surface area (Å²) in [5.74, 6) is 0.816. The zero-order valence-electron chi connectivity index (χ0n) is 13.6. The van der Waals surface area contributed by atoms with E-state index in [0.717, 1.165) is 11.1 Å². The molecule has 2 aromatic carbocycles. The Balaban J connectivity index is 2.57. The Morgan fingerprint density at radius 1 is 1.04 bits per heavy atom. The van der Waals surface area contributed by atoms with Gasteiger partial charge in [-0.3, -0.25) is 9.59 Å². The van der Waals surface area contributed by atoms with E-state index in [2.05, 4.69) is 0 Å². The minimum Gasteiger partial charge on any atom is -0.493 e. The van der Waals surface area contributed by atoms with Crippen LogP contribution in [0.25, 0.3) is 0 Å². The van der Waals surface area contributed by atoms with Crippen LogP contribution in [0.1, 0.15) is 37.4 Å². The molecular formula is C18H19NO4. The summed E-state index contributed by atoms with van der Waals surface area (Å²) >= 11 is 0. The number of hydrogen-bond donors (Lipinski definition) is 1. The lowest BCUT2D eigenvalue weighted by Crippen LogP contribution is -2.09. The van der Waals surface area contributed by atoms with Crippen LogP contribution in [0.2, 0.25) is 0 Å². The quantitative estimate of drug-likeness (QED) is 0.521. The van der Waals surface area contributed by atoms with Crippen LogP contribution in [0.5, 0.6) is 11.5 Å². The summed E-state index contributed by atoms with van der Waals surface area (Å²) in [6.07, 6.45) is 0.660. The maximum absolute atomic E-state index is 12.8. The molecular weight excluding hydrogens is 294 g/mol. The molecule has 0 aromatic heterocycles. The van der Waals surface area contributed by atoms with Gasteiger partial charge in [-0.2, -0.15) is 0 Å². The molecule has 0 atom stereocenters. The number of hydrogen-bond acceptors (Lipinski definition) is 5. The van der Waals surface area contributed by atoms with Crippen molar-refractivity contribution in [2.24, 2.45) is 0 Å². The number of methoxy groups -OCH3 is 2. The van der Waals surface area contributed by atoms with E-state index in [1.165, 1.54) is 20.3 Å². The predicted octanol–water partition coefficient (Wildman–Crippen LogP) is 2.95. The van der Waals surface area contributed by atoms with Crippen LogP contribution in [0.4, 0.5) is 5.69 Å². The minimum atomic E-state index is -0.199. The highest BCUT2D eigenvalue weighted by Gasteiger charge is 2.18. The first-order chi connectivity index (χ1) is 10.9. The van der Waals surface area contributed by atoms with Gasteiger partial charge in [0.15, 0.2) is 23.6 Å². The number of carbonyl (C=O) groups is 2. The Morgan fingerprint density at radius 2 is 1.70 bits per heavy atom. The number of aldehydes is 1. The molecule has 2 rings (SSSR count). The number of benzene rings is 2. The molecule has 0 bridgehead atoms. The molecule has 0 amide bonds. The van der Waals surface area contributed by atoms with Crippen molar-refractivity contribution in [2.45, 2.75) is 13.8 Å². The Morgan fingerprint density at radius 3 is 2.26 bits per heavy atom. The minimum absolute atomic E-state index is 0.199. The van der Waals surface area contributed by atoms with Crippen molar-refractivity contribution in [1.29, 1.82) is 0 Å². The summed E-state index contributed by atoms with van der Waals surface area (Å²) in [5.41, 5.74) is 9.02. The van der Waals surface area contributed by atoms with E-state index in [4.69, 9.17) is 15.2 Å². The lowest BCUT2D eigenvalue weighted by atomic mass is 9.92. The lowest BCUT2D eigenvalue weighted by Gasteiger charge is -2.14. The van der Waals surface area contributed by atoms with Crippen LogP contribution in [0, 0.1) is 13.8 Å². The average Bonchev–Trinajstić information content (AvgIpc) is 2.58. The normalized spacial score (nSPS) is 10.3. The Labute approximate surface area is 135 Å². The highest BCUT2D eigenvalue weighted by Crippen LogP contribution is 2.30. The number of ether oxygens (including phenoxy) is 2. The third-order valence-electron chi connectivity index (χ3n) is 4.00. The summed E-state index contributed by atoms with van der Waals surface area (Å²) in [4.78, 5) is 24.0. The predicted molar refractivity (Wildman–Crippen MR) is 88.7 cm³/mol. The van der Waals surface area contributed by atoms with Gasteiger partial charge in [0.1, 0.15) is 0 Å². The highest BCUT2D eigenvalue weighted by atomic mass is 16.5.